The standard InChI is InChI=1S/C13H15F2NO4S/c14-13(15)21-7-9-3-4-10(20-9)11(17)16-5-1-2-8(6-16)12(18)19/h3-4,8,13H,1-2,5-7H2,(H,18,19)/t8-/m1/s1. The van der Waals surface area contributed by atoms with Crippen LogP contribution in [0.4, 0.5) is 8.78 Å². The highest BCUT2D eigenvalue weighted by molar-refractivity contribution is 7.98. The van der Waals surface area contributed by atoms with Gasteiger partial charge in [0, 0.05) is 13.1 Å². The van der Waals surface area contributed by atoms with Crippen LogP contribution in [0.3, 0.4) is 0 Å². The fourth-order valence-electron chi connectivity index (χ4n) is 2.23. The molecule has 0 unspecified atom stereocenters. The molecule has 0 saturated carbocycles. The lowest BCUT2D eigenvalue weighted by Gasteiger charge is -2.29. The van der Waals surface area contributed by atoms with Gasteiger partial charge in [0.05, 0.1) is 11.7 Å². The van der Waals surface area contributed by atoms with E-state index in [0.717, 1.165) is 0 Å². The Labute approximate surface area is 124 Å². The number of carboxylic acids is 1. The summed E-state index contributed by atoms with van der Waals surface area (Å²) in [5.41, 5.74) is 0. The maximum atomic E-state index is 12.2. The van der Waals surface area contributed by atoms with Gasteiger partial charge in [-0.05, 0) is 25.0 Å². The third-order valence-electron chi connectivity index (χ3n) is 3.28. The molecule has 0 bridgehead atoms. The number of nitrogens with zero attached hydrogens (tertiary/aromatic N) is 1. The molecule has 0 aromatic carbocycles. The van der Waals surface area contributed by atoms with E-state index >= 15 is 0 Å². The van der Waals surface area contributed by atoms with Crippen LogP contribution in [-0.4, -0.2) is 40.7 Å². The Bertz CT molecular complexity index is 520. The van der Waals surface area contributed by atoms with Crippen molar-refractivity contribution in [1.29, 1.82) is 0 Å². The van der Waals surface area contributed by atoms with Crippen molar-refractivity contribution in [3.8, 4) is 0 Å². The summed E-state index contributed by atoms with van der Waals surface area (Å²) < 4.78 is 29.4. The molecular weight excluding hydrogens is 304 g/mol. The molecule has 116 valence electrons. The Morgan fingerprint density at radius 1 is 1.48 bits per heavy atom. The van der Waals surface area contributed by atoms with Gasteiger partial charge < -0.3 is 14.4 Å². The van der Waals surface area contributed by atoms with Crippen LogP contribution in [0, 0.1) is 5.92 Å². The van der Waals surface area contributed by atoms with Gasteiger partial charge in [-0.1, -0.05) is 11.8 Å². The van der Waals surface area contributed by atoms with Gasteiger partial charge in [-0.15, -0.1) is 0 Å². The molecule has 21 heavy (non-hydrogen) atoms. The Morgan fingerprint density at radius 3 is 2.90 bits per heavy atom. The van der Waals surface area contributed by atoms with Crippen LogP contribution >= 0.6 is 11.8 Å². The lowest BCUT2D eigenvalue weighted by atomic mass is 9.98. The molecule has 1 saturated heterocycles. The van der Waals surface area contributed by atoms with Crippen LogP contribution in [0.2, 0.25) is 0 Å². The smallest absolute Gasteiger partial charge is 0.308 e. The number of carboxylic acid groups (broad SMARTS) is 1. The van der Waals surface area contributed by atoms with Crippen LogP contribution in [-0.2, 0) is 10.5 Å². The Hall–Kier alpha value is -1.57. The molecule has 5 nitrogen and oxygen atoms in total. The molecule has 0 radical (unpaired) electrons. The topological polar surface area (TPSA) is 70.8 Å². The highest BCUT2D eigenvalue weighted by Gasteiger charge is 2.29. The van der Waals surface area contributed by atoms with Gasteiger partial charge in [-0.3, -0.25) is 9.59 Å². The molecule has 2 heterocycles. The zero-order valence-corrected chi connectivity index (χ0v) is 11.9. The van der Waals surface area contributed by atoms with Crippen LogP contribution in [0.1, 0.15) is 29.2 Å². The molecule has 1 aliphatic heterocycles. The van der Waals surface area contributed by atoms with Gasteiger partial charge >= 0.3 is 5.97 Å². The molecule has 1 aromatic rings. The summed E-state index contributed by atoms with van der Waals surface area (Å²) in [4.78, 5) is 24.6. The van der Waals surface area contributed by atoms with E-state index in [2.05, 4.69) is 0 Å². The van der Waals surface area contributed by atoms with Crippen molar-refractivity contribution >= 4 is 23.6 Å². The second-order valence-corrected chi connectivity index (χ2v) is 5.74. The molecular formula is C13H15F2NO4S. The van der Waals surface area contributed by atoms with Gasteiger partial charge in [0.15, 0.2) is 5.76 Å². The van der Waals surface area contributed by atoms with E-state index in [1.54, 1.807) is 0 Å². The number of thioether (sulfide) groups is 1. The Balaban J connectivity index is 1.98. The second-order valence-electron chi connectivity index (χ2n) is 4.77. The van der Waals surface area contributed by atoms with E-state index < -0.39 is 23.6 Å². The van der Waals surface area contributed by atoms with Crippen molar-refractivity contribution in [1.82, 2.24) is 4.90 Å². The zero-order valence-electron chi connectivity index (χ0n) is 11.1. The largest absolute Gasteiger partial charge is 0.481 e. The first-order valence-electron chi connectivity index (χ1n) is 6.48. The van der Waals surface area contributed by atoms with Crippen LogP contribution < -0.4 is 0 Å². The van der Waals surface area contributed by atoms with Crippen molar-refractivity contribution in [3.63, 3.8) is 0 Å². The normalized spacial score (nSPS) is 19.0. The maximum Gasteiger partial charge on any atom is 0.308 e. The van der Waals surface area contributed by atoms with Gasteiger partial charge in [0.25, 0.3) is 11.7 Å². The first-order chi connectivity index (χ1) is 9.97. The van der Waals surface area contributed by atoms with Crippen LogP contribution in [0.25, 0.3) is 0 Å². The molecule has 1 amide bonds. The monoisotopic (exact) mass is 319 g/mol. The Morgan fingerprint density at radius 2 is 2.24 bits per heavy atom. The van der Waals surface area contributed by atoms with E-state index in [1.165, 1.54) is 17.0 Å². The molecule has 0 spiro atoms. The lowest BCUT2D eigenvalue weighted by molar-refractivity contribution is -0.143. The summed E-state index contributed by atoms with van der Waals surface area (Å²) in [6.45, 7) is 0.625. The van der Waals surface area contributed by atoms with Gasteiger partial charge in [-0.2, -0.15) is 8.78 Å². The average Bonchev–Trinajstić information content (AvgIpc) is 2.93. The number of carbonyl (C=O) groups excluding carboxylic acids is 1. The number of hydrogen-bond acceptors (Lipinski definition) is 4. The number of amides is 1. The third kappa shape index (κ3) is 4.20. The molecule has 1 atom stereocenters. The van der Waals surface area contributed by atoms with E-state index in [9.17, 15) is 18.4 Å². The fraction of sp³-hybridized carbons (Fsp3) is 0.538. The van der Waals surface area contributed by atoms with E-state index in [1.807, 2.05) is 0 Å². The SMILES string of the molecule is O=C(O)[C@@H]1CCCN(C(=O)c2ccc(CSC(F)F)o2)C1. The minimum absolute atomic E-state index is 0.0112. The van der Waals surface area contributed by atoms with Crippen molar-refractivity contribution in [2.24, 2.45) is 5.92 Å². The second kappa shape index (κ2) is 6.93. The molecule has 1 aromatic heterocycles. The quantitative estimate of drug-likeness (QED) is 0.903. The molecule has 2 rings (SSSR count). The van der Waals surface area contributed by atoms with Crippen molar-refractivity contribution in [2.45, 2.75) is 24.4 Å². The number of rotatable bonds is 5. The number of furan rings is 1. The lowest BCUT2D eigenvalue weighted by Crippen LogP contribution is -2.42. The molecule has 1 aliphatic rings. The van der Waals surface area contributed by atoms with Crippen molar-refractivity contribution < 1.29 is 27.9 Å². The highest BCUT2D eigenvalue weighted by atomic mass is 32.2. The third-order valence-corrected chi connectivity index (χ3v) is 3.99. The van der Waals surface area contributed by atoms with E-state index in [4.69, 9.17) is 9.52 Å². The number of carbonyl (C=O) groups is 2. The average molecular weight is 319 g/mol. The zero-order chi connectivity index (χ0) is 15.4. The summed E-state index contributed by atoms with van der Waals surface area (Å²) in [6.07, 6.45) is 1.17. The number of hydrogen-bond donors (Lipinski definition) is 1. The summed E-state index contributed by atoms with van der Waals surface area (Å²) in [7, 11) is 0. The van der Waals surface area contributed by atoms with Crippen molar-refractivity contribution in [2.75, 3.05) is 13.1 Å². The van der Waals surface area contributed by atoms with E-state index in [-0.39, 0.29) is 18.1 Å². The molecule has 1 N–H and O–H groups in total. The van der Waals surface area contributed by atoms with E-state index in [0.29, 0.717) is 36.9 Å². The number of piperidine rings is 1. The van der Waals surface area contributed by atoms with Gasteiger partial charge in [-0.25, -0.2) is 0 Å². The number of likely N-dealkylation sites (tertiary alicyclic amines) is 1. The van der Waals surface area contributed by atoms with Gasteiger partial charge in [0.1, 0.15) is 5.76 Å². The molecule has 8 heteroatoms. The summed E-state index contributed by atoms with van der Waals surface area (Å²) in [5, 5.41) is 9.00. The Kier molecular flexibility index (Phi) is 5.22. The summed E-state index contributed by atoms with van der Waals surface area (Å²) in [5.74, 6) is -4.02. The van der Waals surface area contributed by atoms with Gasteiger partial charge in [0.2, 0.25) is 0 Å². The minimum Gasteiger partial charge on any atom is -0.481 e. The summed E-state index contributed by atoms with van der Waals surface area (Å²) in [6, 6.07) is 2.93. The number of halogens is 2. The molecule has 0 aliphatic carbocycles. The fourth-order valence-corrected chi connectivity index (χ4v) is 2.68. The number of aliphatic carboxylic acids is 1. The van der Waals surface area contributed by atoms with Crippen LogP contribution in [0.5, 0.6) is 0 Å². The molecule has 1 fully saturated rings. The van der Waals surface area contributed by atoms with Crippen molar-refractivity contribution in [3.05, 3.63) is 23.7 Å². The summed E-state index contributed by atoms with van der Waals surface area (Å²) >= 11 is 0.420. The first kappa shape index (κ1) is 15.8. The highest BCUT2D eigenvalue weighted by Crippen LogP contribution is 2.23. The minimum atomic E-state index is -2.49. The van der Waals surface area contributed by atoms with Crippen LogP contribution in [0.15, 0.2) is 16.5 Å². The maximum absolute atomic E-state index is 12.2. The number of alkyl halides is 2. The predicted molar refractivity (Wildman–Crippen MR) is 72.3 cm³/mol. The predicted octanol–water partition coefficient (Wildman–Crippen LogP) is 2.67. The first-order valence-corrected chi connectivity index (χ1v) is 7.53.